The van der Waals surface area contributed by atoms with Gasteiger partial charge in [0, 0.05) is 0 Å². The molecule has 0 fully saturated rings. The van der Waals surface area contributed by atoms with Crippen molar-refractivity contribution >= 4 is 34.2 Å². The van der Waals surface area contributed by atoms with Crippen LogP contribution in [0.4, 0.5) is 0 Å². The maximum atomic E-state index is 6.10. The molecular formula is C11H9ClN4S. The fourth-order valence-corrected chi connectivity index (χ4v) is 2.64. The van der Waals surface area contributed by atoms with Crippen molar-refractivity contribution in [1.82, 2.24) is 19.6 Å². The van der Waals surface area contributed by atoms with Gasteiger partial charge in [0.25, 0.3) is 0 Å². The molecule has 6 heteroatoms. The van der Waals surface area contributed by atoms with Crippen LogP contribution in [0.25, 0.3) is 21.7 Å². The Morgan fingerprint density at radius 3 is 3.06 bits per heavy atom. The zero-order valence-corrected chi connectivity index (χ0v) is 10.6. The Labute approximate surface area is 107 Å². The number of fused-ring (bicyclic) bond motifs is 1. The molecular weight excluding hydrogens is 256 g/mol. The second kappa shape index (κ2) is 4.09. The van der Waals surface area contributed by atoms with Crippen molar-refractivity contribution in [1.29, 1.82) is 0 Å². The molecule has 0 aliphatic rings. The lowest BCUT2D eigenvalue weighted by atomic mass is 10.3. The number of H-pyrrole nitrogens is 1. The number of halogens is 1. The van der Waals surface area contributed by atoms with Crippen LogP contribution < -0.4 is 0 Å². The third kappa shape index (κ3) is 1.71. The number of aryl methyl sites for hydroxylation is 1. The van der Waals surface area contributed by atoms with Gasteiger partial charge in [-0.1, -0.05) is 29.1 Å². The molecule has 0 amide bonds. The number of rotatable bonds is 2. The third-order valence-corrected chi connectivity index (χ3v) is 3.65. The van der Waals surface area contributed by atoms with Gasteiger partial charge in [0.2, 0.25) is 0 Å². The normalized spacial score (nSPS) is 11.2. The zero-order valence-electron chi connectivity index (χ0n) is 9.07. The van der Waals surface area contributed by atoms with Crippen molar-refractivity contribution in [3.8, 4) is 10.7 Å². The average Bonchev–Trinajstić information content (AvgIpc) is 2.94. The maximum Gasteiger partial charge on any atom is 0.152 e. The van der Waals surface area contributed by atoms with Crippen molar-refractivity contribution in [2.45, 2.75) is 13.3 Å². The summed E-state index contributed by atoms with van der Waals surface area (Å²) < 4.78 is 3.96. The molecule has 0 atom stereocenters. The monoisotopic (exact) mass is 264 g/mol. The molecule has 17 heavy (non-hydrogen) atoms. The first-order chi connectivity index (χ1) is 8.29. The first-order valence-electron chi connectivity index (χ1n) is 5.25. The Balaban J connectivity index is 2.22. The highest BCUT2D eigenvalue weighted by molar-refractivity contribution is 7.09. The summed E-state index contributed by atoms with van der Waals surface area (Å²) in [6.45, 7) is 2.05. The lowest BCUT2D eigenvalue weighted by Gasteiger charge is -1.91. The number of benzene rings is 1. The van der Waals surface area contributed by atoms with E-state index in [4.69, 9.17) is 11.6 Å². The van der Waals surface area contributed by atoms with Crippen molar-refractivity contribution in [2.24, 2.45) is 0 Å². The van der Waals surface area contributed by atoms with Gasteiger partial charge in [0.1, 0.15) is 10.4 Å². The lowest BCUT2D eigenvalue weighted by molar-refractivity contribution is 0.990. The standard InChI is InChI=1S/C11H9ClN4S/c1-2-7-10(17-16-15-7)11-13-8-5-3-4-6(12)9(8)14-11/h3-5H,2H2,1H3,(H,13,14). The smallest absolute Gasteiger partial charge is 0.152 e. The summed E-state index contributed by atoms with van der Waals surface area (Å²) in [6, 6.07) is 5.69. The van der Waals surface area contributed by atoms with Gasteiger partial charge in [-0.25, -0.2) is 4.98 Å². The molecule has 2 aromatic heterocycles. The highest BCUT2D eigenvalue weighted by Crippen LogP contribution is 2.28. The number of para-hydroxylation sites is 1. The minimum absolute atomic E-state index is 0.653. The Bertz CT molecular complexity index is 673. The fourth-order valence-electron chi connectivity index (χ4n) is 1.72. The van der Waals surface area contributed by atoms with E-state index in [-0.39, 0.29) is 0 Å². The van der Waals surface area contributed by atoms with Gasteiger partial charge in [-0.05, 0) is 30.1 Å². The maximum absolute atomic E-state index is 6.10. The summed E-state index contributed by atoms with van der Waals surface area (Å²) in [6.07, 6.45) is 0.844. The number of nitrogens with zero attached hydrogens (tertiary/aromatic N) is 3. The summed E-state index contributed by atoms with van der Waals surface area (Å²) in [7, 11) is 0. The van der Waals surface area contributed by atoms with Gasteiger partial charge >= 0.3 is 0 Å². The van der Waals surface area contributed by atoms with Crippen LogP contribution in [-0.4, -0.2) is 19.6 Å². The molecule has 1 N–H and O–H groups in total. The second-order valence-electron chi connectivity index (χ2n) is 3.62. The second-order valence-corrected chi connectivity index (χ2v) is 4.79. The Morgan fingerprint density at radius 2 is 2.29 bits per heavy atom. The molecule has 0 bridgehead atoms. The van der Waals surface area contributed by atoms with Crippen molar-refractivity contribution in [2.75, 3.05) is 0 Å². The van der Waals surface area contributed by atoms with E-state index in [1.807, 2.05) is 18.2 Å². The summed E-state index contributed by atoms with van der Waals surface area (Å²) in [4.78, 5) is 8.74. The van der Waals surface area contributed by atoms with E-state index in [0.717, 1.165) is 33.8 Å². The van der Waals surface area contributed by atoms with Crippen LogP contribution in [0.5, 0.6) is 0 Å². The minimum Gasteiger partial charge on any atom is -0.337 e. The molecule has 0 spiro atoms. The molecule has 1 aromatic carbocycles. The number of hydrogen-bond acceptors (Lipinski definition) is 4. The van der Waals surface area contributed by atoms with Gasteiger partial charge in [0.15, 0.2) is 5.82 Å². The summed E-state index contributed by atoms with van der Waals surface area (Å²) in [5.41, 5.74) is 2.69. The predicted octanol–water partition coefficient (Wildman–Crippen LogP) is 3.30. The first-order valence-corrected chi connectivity index (χ1v) is 6.40. The van der Waals surface area contributed by atoms with Crippen molar-refractivity contribution in [3.05, 3.63) is 28.9 Å². The van der Waals surface area contributed by atoms with Crippen LogP contribution in [0.15, 0.2) is 18.2 Å². The SMILES string of the molecule is CCc1nnsc1-c1nc2c(Cl)cccc2[nH]1. The molecule has 0 aliphatic heterocycles. The van der Waals surface area contributed by atoms with E-state index in [0.29, 0.717) is 5.02 Å². The molecule has 86 valence electrons. The minimum atomic E-state index is 0.653. The van der Waals surface area contributed by atoms with Crippen LogP contribution in [0.2, 0.25) is 5.02 Å². The average molecular weight is 265 g/mol. The van der Waals surface area contributed by atoms with E-state index < -0.39 is 0 Å². The Morgan fingerprint density at radius 1 is 1.41 bits per heavy atom. The zero-order chi connectivity index (χ0) is 11.8. The number of hydrogen-bond donors (Lipinski definition) is 1. The molecule has 0 aliphatic carbocycles. The summed E-state index contributed by atoms with van der Waals surface area (Å²) >= 11 is 7.45. The van der Waals surface area contributed by atoms with E-state index in [2.05, 4.69) is 26.5 Å². The first kappa shape index (κ1) is 10.7. The van der Waals surface area contributed by atoms with E-state index >= 15 is 0 Å². The number of nitrogens with one attached hydrogen (secondary N) is 1. The number of aromatic nitrogens is 4. The predicted molar refractivity (Wildman–Crippen MR) is 69.4 cm³/mol. The van der Waals surface area contributed by atoms with E-state index in [9.17, 15) is 0 Å². The summed E-state index contributed by atoms with van der Waals surface area (Å²) in [5, 5.41) is 4.73. The lowest BCUT2D eigenvalue weighted by Crippen LogP contribution is -1.85. The van der Waals surface area contributed by atoms with Crippen LogP contribution in [0, 0.1) is 0 Å². The highest BCUT2D eigenvalue weighted by Gasteiger charge is 2.13. The topological polar surface area (TPSA) is 54.5 Å². The quantitative estimate of drug-likeness (QED) is 0.773. The fraction of sp³-hybridized carbons (Fsp3) is 0.182. The van der Waals surface area contributed by atoms with Crippen molar-refractivity contribution in [3.63, 3.8) is 0 Å². The van der Waals surface area contributed by atoms with Gasteiger partial charge in [0.05, 0.1) is 16.2 Å². The number of aromatic amines is 1. The van der Waals surface area contributed by atoms with Crippen molar-refractivity contribution < 1.29 is 0 Å². The Kier molecular flexibility index (Phi) is 2.57. The van der Waals surface area contributed by atoms with E-state index in [1.165, 1.54) is 11.5 Å². The largest absolute Gasteiger partial charge is 0.337 e. The van der Waals surface area contributed by atoms with Crippen LogP contribution in [0.1, 0.15) is 12.6 Å². The van der Waals surface area contributed by atoms with E-state index in [1.54, 1.807) is 0 Å². The van der Waals surface area contributed by atoms with Gasteiger partial charge in [-0.3, -0.25) is 0 Å². The molecule has 2 heterocycles. The molecule has 3 rings (SSSR count). The van der Waals surface area contributed by atoms with Crippen LogP contribution in [0.3, 0.4) is 0 Å². The molecule has 0 unspecified atom stereocenters. The highest BCUT2D eigenvalue weighted by atomic mass is 35.5. The number of imidazole rings is 1. The molecule has 3 aromatic rings. The Hall–Kier alpha value is -1.46. The third-order valence-electron chi connectivity index (χ3n) is 2.57. The van der Waals surface area contributed by atoms with Gasteiger partial charge in [-0.15, -0.1) is 5.10 Å². The van der Waals surface area contributed by atoms with Gasteiger partial charge < -0.3 is 4.98 Å². The molecule has 0 radical (unpaired) electrons. The summed E-state index contributed by atoms with van der Waals surface area (Å²) in [5.74, 6) is 0.792. The van der Waals surface area contributed by atoms with Gasteiger partial charge in [-0.2, -0.15) is 0 Å². The van der Waals surface area contributed by atoms with Crippen LogP contribution in [-0.2, 0) is 6.42 Å². The molecule has 0 saturated heterocycles. The van der Waals surface area contributed by atoms with Crippen LogP contribution >= 0.6 is 23.1 Å². The molecule has 0 saturated carbocycles. The molecule has 4 nitrogen and oxygen atoms in total.